The number of rotatable bonds is 14. The molecule has 5 aromatic heterocycles. The van der Waals surface area contributed by atoms with Gasteiger partial charge in [-0.2, -0.15) is 4.98 Å². The Hall–Kier alpha value is -9.91. The van der Waals surface area contributed by atoms with Crippen LogP contribution >= 0.6 is 0 Å². The van der Waals surface area contributed by atoms with E-state index in [2.05, 4.69) is 145 Å². The molecule has 0 spiro atoms. The molecule has 5 heterocycles. The average Bonchev–Trinajstić information content (AvgIpc) is 1.68. The van der Waals surface area contributed by atoms with Crippen LogP contribution in [0.4, 0.5) is 16.1 Å². The van der Waals surface area contributed by atoms with Crippen LogP contribution in [0.15, 0.2) is 175 Å². The van der Waals surface area contributed by atoms with Crippen molar-refractivity contribution < 1.29 is 32.9 Å². The fourth-order valence-corrected chi connectivity index (χ4v) is 9.32. The number of nitro benzene ring substituents is 1. The molecule has 10 rings (SSSR count). The Morgan fingerprint density at radius 1 is 0.561 bits per heavy atom. The van der Waals surface area contributed by atoms with Crippen molar-refractivity contribution in [2.75, 3.05) is 11.9 Å². The predicted molar refractivity (Wildman–Crippen MR) is 396 cm³/mol. The maximum absolute atomic E-state index is 13.1. The number of aromatic nitrogens is 6. The number of aromatic amines is 2. The minimum Gasteiger partial charge on any atom is -0.424 e. The number of carbonyl (C=O) groups excluding carboxylic acids is 4. The normalized spacial score (nSPS) is 11.2. The Morgan fingerprint density at radius 3 is 1.54 bits per heavy atom. The summed E-state index contributed by atoms with van der Waals surface area (Å²) in [6.45, 7) is 40.5. The first-order chi connectivity index (χ1) is 45.8. The van der Waals surface area contributed by atoms with Gasteiger partial charge in [0.15, 0.2) is 5.58 Å². The third kappa shape index (κ3) is 31.8. The first-order valence-corrected chi connectivity index (χ1v) is 33.1. The maximum atomic E-state index is 13.1. The van der Waals surface area contributed by atoms with Crippen LogP contribution < -0.4 is 21.3 Å². The minimum atomic E-state index is -0.444. The molecule has 0 bridgehead atoms. The number of carbonyl (C=O) groups is 4. The number of aryl methyl sites for hydroxylation is 1. The van der Waals surface area contributed by atoms with E-state index in [9.17, 15) is 33.7 Å². The number of non-ortho nitro benzene ring substituents is 1. The predicted octanol–water partition coefficient (Wildman–Crippen LogP) is 18.0. The van der Waals surface area contributed by atoms with E-state index in [0.29, 0.717) is 41.0 Å². The van der Waals surface area contributed by atoms with Crippen molar-refractivity contribution in [3.05, 3.63) is 226 Å². The SMILES string of the molecule is CC(C)(C)CC(=O)Cc1ccc([N+](=O)[O-])cc1.CC(C)(C)CNc1nc2ccccc2o1.CC(C)(C)Cc1c[nH]c2ccc(F)cc12.CC(C)NC(=O)c1ccccc1.CC(C)NC(=O)c1cccnc1.CC(C)NC(=O)c1cncnc1.Cc1ccc2[nH]cc(CC(C)(C)C)c2c1. The van der Waals surface area contributed by atoms with Crippen molar-refractivity contribution in [3.63, 3.8) is 0 Å². The van der Waals surface area contributed by atoms with Crippen LogP contribution in [0.25, 0.3) is 32.9 Å². The summed E-state index contributed by atoms with van der Waals surface area (Å²) >= 11 is 0. The molecule has 98 heavy (non-hydrogen) atoms. The summed E-state index contributed by atoms with van der Waals surface area (Å²) in [6, 6.07) is 39.2. The molecule has 6 N–H and O–H groups in total. The summed E-state index contributed by atoms with van der Waals surface area (Å²) in [5.74, 6) is -0.224. The number of anilines is 1. The van der Waals surface area contributed by atoms with Gasteiger partial charge in [0.05, 0.1) is 16.1 Å². The zero-order chi connectivity index (χ0) is 73.0. The lowest BCUT2D eigenvalue weighted by Gasteiger charge is -2.17. The fourth-order valence-electron chi connectivity index (χ4n) is 9.32. The van der Waals surface area contributed by atoms with Crippen LogP contribution in [-0.4, -0.2) is 83.0 Å². The van der Waals surface area contributed by atoms with Gasteiger partial charge in [-0.1, -0.05) is 137 Å². The first-order valence-electron chi connectivity index (χ1n) is 33.1. The van der Waals surface area contributed by atoms with E-state index in [1.54, 1.807) is 60.9 Å². The number of para-hydroxylation sites is 2. The van der Waals surface area contributed by atoms with E-state index in [0.717, 1.165) is 47.0 Å². The summed E-state index contributed by atoms with van der Waals surface area (Å²) in [6.07, 6.45) is 14.6. The molecule has 0 fully saturated rings. The van der Waals surface area contributed by atoms with E-state index in [4.69, 9.17) is 4.42 Å². The Kier molecular flexibility index (Phi) is 31.3. The number of Topliss-reactive ketones (excluding diaryl/α,β-unsaturated/α-hetero) is 1. The van der Waals surface area contributed by atoms with Crippen LogP contribution in [0.5, 0.6) is 0 Å². The molecule has 0 saturated heterocycles. The van der Waals surface area contributed by atoms with Gasteiger partial charge in [0, 0.05) is 114 Å². The molecule has 0 atom stereocenters. The zero-order valence-electron chi connectivity index (χ0n) is 60.9. The molecule has 0 aliphatic heterocycles. The molecular weight excluding hydrogens is 1230 g/mol. The van der Waals surface area contributed by atoms with Crippen molar-refractivity contribution in [2.45, 2.75) is 175 Å². The molecule has 10 aromatic rings. The number of oxazole rings is 1. The first kappa shape index (κ1) is 80.5. The monoisotopic (exact) mass is 1340 g/mol. The standard InChI is InChI=1S/C14H19N.C13H16FN.C13H17NO3.C12H16N2O.C10H13NO.C9H12N2O.C8H11N3O/c1-10-5-6-13-12(7-10)11(9-15-13)8-14(2,3)4;1-13(2,3)7-9-8-15-12-5-4-10(14)6-11(9)12;1-13(2,3)9-12(15)8-10-4-6-11(7-5-10)14(16)17;1-12(2,3)8-13-11-14-9-6-4-5-7-10(9)15-11;1-8(2)11-10(12)9-6-4-3-5-7-9;1-7(2)11-9(12)8-4-3-5-10-6-8;1-6(2)11-8(12)7-3-9-5-10-4-7/h5-7,9,15H,8H2,1-4H3;4-6,8,15H,7H2,1-3H3;4-7H,8-9H2,1-3H3;4-7H,8H2,1-3H3,(H,13,14);3-8H,1-2H3,(H,11,12);3-7H,1-2H3,(H,11,12);3-6H,1-2H3,(H,11,12). The van der Waals surface area contributed by atoms with Gasteiger partial charge in [-0.05, 0) is 166 Å². The summed E-state index contributed by atoms with van der Waals surface area (Å²) < 4.78 is 18.7. The van der Waals surface area contributed by atoms with Crippen molar-refractivity contribution >= 4 is 68.1 Å². The maximum Gasteiger partial charge on any atom is 0.295 e. The molecule has 0 unspecified atom stereocenters. The lowest BCUT2D eigenvalue weighted by Crippen LogP contribution is -2.30. The van der Waals surface area contributed by atoms with Crippen molar-refractivity contribution in [1.29, 1.82) is 0 Å². The highest BCUT2D eigenvalue weighted by molar-refractivity contribution is 5.95. The van der Waals surface area contributed by atoms with Crippen LogP contribution in [-0.2, 0) is 24.1 Å². The Labute approximate surface area is 578 Å². The van der Waals surface area contributed by atoms with Gasteiger partial charge in [0.1, 0.15) is 23.4 Å². The number of halogens is 1. The third-order valence-corrected chi connectivity index (χ3v) is 13.5. The lowest BCUT2D eigenvalue weighted by molar-refractivity contribution is -0.384. The molecule has 0 radical (unpaired) electrons. The summed E-state index contributed by atoms with van der Waals surface area (Å²) in [5.41, 5.74) is 11.4. The van der Waals surface area contributed by atoms with E-state index >= 15 is 0 Å². The summed E-state index contributed by atoms with van der Waals surface area (Å²) in [4.78, 5) is 77.8. The van der Waals surface area contributed by atoms with Gasteiger partial charge in [0.25, 0.3) is 29.4 Å². The molecule has 0 aliphatic rings. The molecular formula is C79H104FN11O7. The summed E-state index contributed by atoms with van der Waals surface area (Å²) in [5, 5.41) is 24.4. The van der Waals surface area contributed by atoms with Crippen LogP contribution in [0.2, 0.25) is 0 Å². The largest absolute Gasteiger partial charge is 0.424 e. The number of ketones is 1. The fraction of sp³-hybridized carbons (Fsp3) is 0.392. The van der Waals surface area contributed by atoms with Crippen molar-refractivity contribution in [1.82, 2.24) is 45.9 Å². The lowest BCUT2D eigenvalue weighted by atomic mass is 9.88. The minimum absolute atomic E-state index is 0.00870. The second kappa shape index (κ2) is 38.1. The number of nitrogens with zero attached hydrogens (tertiary/aromatic N) is 5. The van der Waals surface area contributed by atoms with Gasteiger partial charge in [-0.15, -0.1) is 0 Å². The number of benzene rings is 5. The molecule has 19 heteroatoms. The number of amides is 3. The third-order valence-electron chi connectivity index (χ3n) is 13.5. The highest BCUT2D eigenvalue weighted by Crippen LogP contribution is 2.29. The number of nitrogens with one attached hydrogen (secondary N) is 6. The van der Waals surface area contributed by atoms with Gasteiger partial charge >= 0.3 is 0 Å². The molecule has 524 valence electrons. The van der Waals surface area contributed by atoms with E-state index < -0.39 is 4.92 Å². The molecule has 18 nitrogen and oxygen atoms in total. The Bertz CT molecular complexity index is 3800. The quantitative estimate of drug-likeness (QED) is 0.0439. The Morgan fingerprint density at radius 2 is 1.05 bits per heavy atom. The smallest absolute Gasteiger partial charge is 0.295 e. The number of hydrogen-bond acceptors (Lipinski definition) is 12. The second-order valence-corrected chi connectivity index (χ2v) is 29.7. The zero-order valence-corrected chi connectivity index (χ0v) is 60.9. The molecule has 5 aromatic carbocycles. The number of hydrogen-bond donors (Lipinski definition) is 6. The highest BCUT2D eigenvalue weighted by Gasteiger charge is 2.19. The number of pyridine rings is 1. The number of H-pyrrole nitrogens is 2. The van der Waals surface area contributed by atoms with Crippen molar-refractivity contribution in [3.8, 4) is 0 Å². The van der Waals surface area contributed by atoms with Gasteiger partial charge in [-0.3, -0.25) is 34.3 Å². The highest BCUT2D eigenvalue weighted by atomic mass is 19.1. The summed E-state index contributed by atoms with van der Waals surface area (Å²) in [7, 11) is 0. The van der Waals surface area contributed by atoms with Crippen LogP contribution in [0.1, 0.15) is 184 Å². The number of fused-ring (bicyclic) bond motifs is 3. The van der Waals surface area contributed by atoms with Gasteiger partial charge in [0.2, 0.25) is 0 Å². The van der Waals surface area contributed by atoms with Crippen LogP contribution in [0.3, 0.4) is 0 Å². The van der Waals surface area contributed by atoms with E-state index in [1.807, 2.05) is 111 Å². The molecule has 0 aliphatic carbocycles. The van der Waals surface area contributed by atoms with Crippen LogP contribution in [0, 0.1) is 44.5 Å². The van der Waals surface area contributed by atoms with Gasteiger partial charge in [-0.25, -0.2) is 14.4 Å². The number of nitro groups is 1. The van der Waals surface area contributed by atoms with Gasteiger partial charge < -0.3 is 35.7 Å². The topological polar surface area (TPSA) is 256 Å². The van der Waals surface area contributed by atoms with Crippen molar-refractivity contribution in [2.24, 2.45) is 21.7 Å². The van der Waals surface area contributed by atoms with E-state index in [-0.39, 0.29) is 69.4 Å². The Balaban J connectivity index is 0.000000244. The molecule has 0 saturated carbocycles. The molecule has 3 amide bonds. The average molecular weight is 1340 g/mol. The second-order valence-electron chi connectivity index (χ2n) is 29.7. The van der Waals surface area contributed by atoms with E-state index in [1.165, 1.54) is 64.5 Å².